The van der Waals surface area contributed by atoms with Crippen molar-refractivity contribution in [2.24, 2.45) is 0 Å². The van der Waals surface area contributed by atoms with Gasteiger partial charge < -0.3 is 5.32 Å². The molecule has 1 aromatic heterocycles. The third-order valence-electron chi connectivity index (χ3n) is 4.41. The highest BCUT2D eigenvalue weighted by Gasteiger charge is 2.10. The average Bonchev–Trinajstić information content (AvgIpc) is 2.68. The fraction of sp³-hybridized carbons (Fsp3) is 0.0870. The van der Waals surface area contributed by atoms with Crippen LogP contribution in [0.2, 0.25) is 0 Å². The van der Waals surface area contributed by atoms with E-state index in [-0.39, 0.29) is 5.78 Å². The Balaban J connectivity index is 1.84. The molecule has 0 bridgehead atoms. The molecule has 1 N–H and O–H groups in total. The molecule has 1 heterocycles. The van der Waals surface area contributed by atoms with Crippen LogP contribution >= 0.6 is 0 Å². The maximum absolute atomic E-state index is 11.7. The van der Waals surface area contributed by atoms with Crippen molar-refractivity contribution in [1.82, 2.24) is 9.97 Å². The largest absolute Gasteiger partial charge is 0.340 e. The Labute approximate surface area is 157 Å². The minimum atomic E-state index is 0.0339. The molecule has 0 saturated carbocycles. The van der Waals surface area contributed by atoms with Gasteiger partial charge in [0.05, 0.1) is 5.52 Å². The van der Waals surface area contributed by atoms with E-state index in [1.165, 1.54) is 0 Å². The SMILES string of the molecule is CC(=O)c1cccc(Nc2nc(-c3cccc(C)c3)nc3ccccc23)c1. The van der Waals surface area contributed by atoms with Crippen LogP contribution in [-0.4, -0.2) is 15.8 Å². The summed E-state index contributed by atoms with van der Waals surface area (Å²) in [5, 5.41) is 4.30. The summed E-state index contributed by atoms with van der Waals surface area (Å²) in [6, 6.07) is 23.5. The van der Waals surface area contributed by atoms with E-state index in [1.54, 1.807) is 6.92 Å². The van der Waals surface area contributed by atoms with Crippen LogP contribution in [0.4, 0.5) is 11.5 Å². The van der Waals surface area contributed by atoms with E-state index in [2.05, 4.69) is 24.4 Å². The number of hydrogen-bond acceptors (Lipinski definition) is 4. The Morgan fingerprint density at radius 1 is 0.889 bits per heavy atom. The zero-order valence-corrected chi connectivity index (χ0v) is 15.2. The number of ketones is 1. The maximum Gasteiger partial charge on any atom is 0.162 e. The number of fused-ring (bicyclic) bond motifs is 1. The first kappa shape index (κ1) is 16.9. The van der Waals surface area contributed by atoms with Crippen LogP contribution < -0.4 is 5.32 Å². The number of carbonyl (C=O) groups excluding carboxylic acids is 1. The van der Waals surface area contributed by atoms with Crippen molar-refractivity contribution in [2.75, 3.05) is 5.32 Å². The summed E-state index contributed by atoms with van der Waals surface area (Å²) in [4.78, 5) is 21.2. The lowest BCUT2D eigenvalue weighted by Crippen LogP contribution is -2.00. The van der Waals surface area contributed by atoms with Crippen molar-refractivity contribution in [3.8, 4) is 11.4 Å². The second kappa shape index (κ2) is 7.00. The lowest BCUT2D eigenvalue weighted by Gasteiger charge is -2.12. The number of nitrogens with zero attached hydrogens (tertiary/aromatic N) is 2. The molecule has 27 heavy (non-hydrogen) atoms. The van der Waals surface area contributed by atoms with Crippen LogP contribution in [-0.2, 0) is 0 Å². The molecule has 0 fully saturated rings. The number of carbonyl (C=O) groups is 1. The molecular formula is C23H19N3O. The molecule has 0 radical (unpaired) electrons. The molecule has 4 nitrogen and oxygen atoms in total. The molecule has 3 aromatic carbocycles. The van der Waals surface area contributed by atoms with Gasteiger partial charge in [0.1, 0.15) is 5.82 Å². The highest BCUT2D eigenvalue weighted by molar-refractivity contribution is 5.96. The number of nitrogens with one attached hydrogen (secondary N) is 1. The van der Waals surface area contributed by atoms with Gasteiger partial charge >= 0.3 is 0 Å². The fourth-order valence-electron chi connectivity index (χ4n) is 3.04. The smallest absolute Gasteiger partial charge is 0.162 e. The molecule has 4 aromatic rings. The molecule has 0 unspecified atom stereocenters. The number of benzene rings is 3. The first-order valence-electron chi connectivity index (χ1n) is 8.82. The van der Waals surface area contributed by atoms with E-state index >= 15 is 0 Å². The monoisotopic (exact) mass is 353 g/mol. The molecule has 0 spiro atoms. The van der Waals surface area contributed by atoms with Crippen molar-refractivity contribution in [3.63, 3.8) is 0 Å². The second-order valence-corrected chi connectivity index (χ2v) is 6.54. The number of aromatic nitrogens is 2. The summed E-state index contributed by atoms with van der Waals surface area (Å²) in [5.41, 5.74) is 4.49. The van der Waals surface area contributed by atoms with Crippen molar-refractivity contribution < 1.29 is 4.79 Å². The predicted octanol–water partition coefficient (Wildman–Crippen LogP) is 5.55. The van der Waals surface area contributed by atoms with E-state index in [0.717, 1.165) is 33.5 Å². The summed E-state index contributed by atoms with van der Waals surface area (Å²) in [7, 11) is 0. The molecule has 0 aliphatic heterocycles. The van der Waals surface area contributed by atoms with Gasteiger partial charge in [-0.05, 0) is 44.2 Å². The number of aryl methyl sites for hydroxylation is 1. The van der Waals surface area contributed by atoms with Gasteiger partial charge in [-0.1, -0.05) is 48.0 Å². The molecule has 4 heteroatoms. The maximum atomic E-state index is 11.7. The van der Waals surface area contributed by atoms with Crippen LogP contribution in [0.25, 0.3) is 22.3 Å². The van der Waals surface area contributed by atoms with Crippen molar-refractivity contribution in [1.29, 1.82) is 0 Å². The molecule has 132 valence electrons. The number of anilines is 2. The highest BCUT2D eigenvalue weighted by atomic mass is 16.1. The molecule has 4 rings (SSSR count). The molecule has 0 amide bonds. The van der Waals surface area contributed by atoms with Crippen LogP contribution in [0, 0.1) is 6.92 Å². The van der Waals surface area contributed by atoms with Crippen LogP contribution in [0.1, 0.15) is 22.8 Å². The Morgan fingerprint density at radius 2 is 1.70 bits per heavy atom. The van der Waals surface area contributed by atoms with E-state index < -0.39 is 0 Å². The summed E-state index contributed by atoms with van der Waals surface area (Å²) < 4.78 is 0. The van der Waals surface area contributed by atoms with Crippen molar-refractivity contribution in [3.05, 3.63) is 83.9 Å². The number of hydrogen-bond donors (Lipinski definition) is 1. The minimum Gasteiger partial charge on any atom is -0.340 e. The molecular weight excluding hydrogens is 334 g/mol. The number of para-hydroxylation sites is 1. The minimum absolute atomic E-state index is 0.0339. The Morgan fingerprint density at radius 3 is 2.52 bits per heavy atom. The van der Waals surface area contributed by atoms with Crippen molar-refractivity contribution >= 4 is 28.2 Å². The second-order valence-electron chi connectivity index (χ2n) is 6.54. The van der Waals surface area contributed by atoms with Gasteiger partial charge in [-0.25, -0.2) is 9.97 Å². The zero-order chi connectivity index (χ0) is 18.8. The van der Waals surface area contributed by atoms with Gasteiger partial charge in [0.25, 0.3) is 0 Å². The van der Waals surface area contributed by atoms with Crippen LogP contribution in [0.15, 0.2) is 72.8 Å². The standard InChI is InChI=1S/C23H19N3O/c1-15-7-5-9-18(13-15)22-25-21-12-4-3-11-20(21)23(26-22)24-19-10-6-8-17(14-19)16(2)27/h3-14H,1-2H3,(H,24,25,26). The average molecular weight is 353 g/mol. The van der Waals surface area contributed by atoms with E-state index in [1.807, 2.05) is 60.7 Å². The Kier molecular flexibility index (Phi) is 4.38. The van der Waals surface area contributed by atoms with Gasteiger partial charge in [-0.2, -0.15) is 0 Å². The summed E-state index contributed by atoms with van der Waals surface area (Å²) >= 11 is 0. The first-order chi connectivity index (χ1) is 13.1. The van der Waals surface area contributed by atoms with Crippen LogP contribution in [0.3, 0.4) is 0 Å². The van der Waals surface area contributed by atoms with E-state index in [9.17, 15) is 4.79 Å². The fourth-order valence-corrected chi connectivity index (χ4v) is 3.04. The lowest BCUT2D eigenvalue weighted by molar-refractivity contribution is 0.101. The summed E-state index contributed by atoms with van der Waals surface area (Å²) in [6.07, 6.45) is 0. The molecule has 0 saturated heterocycles. The zero-order valence-electron chi connectivity index (χ0n) is 15.2. The molecule has 0 atom stereocenters. The van der Waals surface area contributed by atoms with Gasteiger partial charge in [0.15, 0.2) is 11.6 Å². The van der Waals surface area contributed by atoms with Gasteiger partial charge in [-0.3, -0.25) is 4.79 Å². The normalized spacial score (nSPS) is 10.7. The lowest BCUT2D eigenvalue weighted by atomic mass is 10.1. The summed E-state index contributed by atoms with van der Waals surface area (Å²) in [5.74, 6) is 1.42. The third-order valence-corrected chi connectivity index (χ3v) is 4.41. The quantitative estimate of drug-likeness (QED) is 0.489. The van der Waals surface area contributed by atoms with E-state index in [0.29, 0.717) is 11.4 Å². The van der Waals surface area contributed by atoms with Gasteiger partial charge in [0.2, 0.25) is 0 Å². The Hall–Kier alpha value is -3.53. The molecule has 0 aliphatic carbocycles. The highest BCUT2D eigenvalue weighted by Crippen LogP contribution is 2.28. The van der Waals surface area contributed by atoms with E-state index in [4.69, 9.17) is 9.97 Å². The predicted molar refractivity (Wildman–Crippen MR) is 109 cm³/mol. The van der Waals surface area contributed by atoms with Crippen LogP contribution in [0.5, 0.6) is 0 Å². The summed E-state index contributed by atoms with van der Waals surface area (Å²) in [6.45, 7) is 3.62. The van der Waals surface area contributed by atoms with Crippen molar-refractivity contribution in [2.45, 2.75) is 13.8 Å². The Bertz CT molecular complexity index is 1150. The van der Waals surface area contributed by atoms with Gasteiger partial charge in [-0.15, -0.1) is 0 Å². The topological polar surface area (TPSA) is 54.9 Å². The number of Topliss-reactive ketones (excluding diaryl/α,β-unsaturated/α-hetero) is 1. The third kappa shape index (κ3) is 3.55. The van der Waals surface area contributed by atoms with Gasteiger partial charge in [0, 0.05) is 22.2 Å². The number of rotatable bonds is 4. The first-order valence-corrected chi connectivity index (χ1v) is 8.82. The molecule has 0 aliphatic rings.